The molecule has 3 aromatic rings. The molecule has 0 aliphatic heterocycles. The lowest BCUT2D eigenvalue weighted by Crippen LogP contribution is -2.30. The zero-order chi connectivity index (χ0) is 18.4. The van der Waals surface area contributed by atoms with Crippen molar-refractivity contribution in [1.29, 1.82) is 0 Å². The SMILES string of the molecule is CSCCNCc1c(C(=O)N(C)CCc2ccccc2)nc2sccn12. The van der Waals surface area contributed by atoms with Crippen LogP contribution in [0.25, 0.3) is 4.96 Å². The van der Waals surface area contributed by atoms with E-state index < -0.39 is 0 Å². The van der Waals surface area contributed by atoms with Crippen molar-refractivity contribution >= 4 is 34.0 Å². The second-order valence-electron chi connectivity index (χ2n) is 6.09. The molecule has 138 valence electrons. The van der Waals surface area contributed by atoms with E-state index in [4.69, 9.17) is 0 Å². The number of aromatic nitrogens is 2. The van der Waals surface area contributed by atoms with E-state index in [9.17, 15) is 4.79 Å². The number of likely N-dealkylation sites (N-methyl/N-ethyl adjacent to an activating group) is 1. The Morgan fingerprint density at radius 1 is 1.35 bits per heavy atom. The average molecular weight is 389 g/mol. The lowest BCUT2D eigenvalue weighted by Gasteiger charge is -2.17. The highest BCUT2D eigenvalue weighted by molar-refractivity contribution is 7.98. The maximum atomic E-state index is 13.0. The highest BCUT2D eigenvalue weighted by atomic mass is 32.2. The first-order chi connectivity index (χ1) is 12.7. The Labute approximate surface area is 162 Å². The molecule has 0 spiro atoms. The molecule has 26 heavy (non-hydrogen) atoms. The molecule has 3 rings (SSSR count). The molecular formula is C19H24N4OS2. The molecule has 0 saturated heterocycles. The molecule has 0 atom stereocenters. The topological polar surface area (TPSA) is 49.6 Å². The molecule has 0 saturated carbocycles. The van der Waals surface area contributed by atoms with E-state index in [1.165, 1.54) is 5.56 Å². The number of nitrogens with one attached hydrogen (secondary N) is 1. The van der Waals surface area contributed by atoms with Crippen molar-refractivity contribution in [2.24, 2.45) is 0 Å². The second-order valence-corrected chi connectivity index (χ2v) is 7.95. The third kappa shape index (κ3) is 4.47. The largest absolute Gasteiger partial charge is 0.340 e. The van der Waals surface area contributed by atoms with E-state index in [1.54, 1.807) is 28.0 Å². The number of thioether (sulfide) groups is 1. The van der Waals surface area contributed by atoms with Gasteiger partial charge in [-0.2, -0.15) is 11.8 Å². The van der Waals surface area contributed by atoms with Crippen molar-refractivity contribution in [2.45, 2.75) is 13.0 Å². The standard InChI is InChI=1S/C19H24N4OS2/c1-22(10-8-15-6-4-3-5-7-15)18(24)17-16(14-20-9-12-25-2)23-11-13-26-19(23)21-17/h3-7,11,13,20H,8-10,12,14H2,1-2H3. The fourth-order valence-electron chi connectivity index (χ4n) is 2.78. The number of hydrogen-bond donors (Lipinski definition) is 1. The fraction of sp³-hybridized carbons (Fsp3) is 0.368. The monoisotopic (exact) mass is 388 g/mol. The number of carbonyl (C=O) groups is 1. The van der Waals surface area contributed by atoms with Crippen molar-refractivity contribution in [2.75, 3.05) is 32.1 Å². The maximum Gasteiger partial charge on any atom is 0.274 e. The van der Waals surface area contributed by atoms with Gasteiger partial charge in [-0.3, -0.25) is 9.20 Å². The molecule has 0 bridgehead atoms. The van der Waals surface area contributed by atoms with Gasteiger partial charge in [-0.15, -0.1) is 11.3 Å². The first-order valence-corrected chi connectivity index (χ1v) is 10.9. The number of nitrogens with zero attached hydrogens (tertiary/aromatic N) is 3. The first-order valence-electron chi connectivity index (χ1n) is 8.64. The molecule has 2 heterocycles. The van der Waals surface area contributed by atoms with Crippen LogP contribution in [0.2, 0.25) is 0 Å². The van der Waals surface area contributed by atoms with Crippen LogP contribution in [0.4, 0.5) is 0 Å². The lowest BCUT2D eigenvalue weighted by atomic mass is 10.1. The van der Waals surface area contributed by atoms with E-state index in [-0.39, 0.29) is 5.91 Å². The van der Waals surface area contributed by atoms with E-state index in [1.807, 2.05) is 41.2 Å². The molecule has 2 aromatic heterocycles. The van der Waals surface area contributed by atoms with Gasteiger partial charge in [0.15, 0.2) is 10.7 Å². The third-order valence-electron chi connectivity index (χ3n) is 4.26. The molecule has 0 aliphatic rings. The number of benzene rings is 1. The summed E-state index contributed by atoms with van der Waals surface area (Å²) in [5.41, 5.74) is 2.74. The summed E-state index contributed by atoms with van der Waals surface area (Å²) in [6.45, 7) is 2.23. The lowest BCUT2D eigenvalue weighted by molar-refractivity contribution is 0.0790. The van der Waals surface area contributed by atoms with Crippen LogP contribution >= 0.6 is 23.1 Å². The van der Waals surface area contributed by atoms with Crippen molar-refractivity contribution < 1.29 is 4.79 Å². The molecular weight excluding hydrogens is 364 g/mol. The van der Waals surface area contributed by atoms with E-state index >= 15 is 0 Å². The van der Waals surface area contributed by atoms with Gasteiger partial charge < -0.3 is 10.2 Å². The van der Waals surface area contributed by atoms with Gasteiger partial charge in [0.25, 0.3) is 5.91 Å². The predicted molar refractivity (Wildman–Crippen MR) is 110 cm³/mol. The molecule has 7 heteroatoms. The molecule has 0 aliphatic carbocycles. The van der Waals surface area contributed by atoms with Crippen molar-refractivity contribution in [3.8, 4) is 0 Å². The quantitative estimate of drug-likeness (QED) is 0.572. The molecule has 0 fully saturated rings. The Morgan fingerprint density at radius 3 is 2.92 bits per heavy atom. The number of imidazole rings is 1. The van der Waals surface area contributed by atoms with Crippen molar-refractivity contribution in [1.82, 2.24) is 19.6 Å². The highest BCUT2D eigenvalue weighted by Crippen LogP contribution is 2.19. The van der Waals surface area contributed by atoms with Crippen LogP contribution < -0.4 is 5.32 Å². The number of thiazole rings is 1. The van der Waals surface area contributed by atoms with Crippen LogP contribution in [0.3, 0.4) is 0 Å². The molecule has 0 radical (unpaired) electrons. The Morgan fingerprint density at radius 2 is 2.15 bits per heavy atom. The summed E-state index contributed by atoms with van der Waals surface area (Å²) in [5, 5.41) is 5.42. The summed E-state index contributed by atoms with van der Waals surface area (Å²) in [4.78, 5) is 20.2. The molecule has 5 nitrogen and oxygen atoms in total. The minimum Gasteiger partial charge on any atom is -0.340 e. The van der Waals surface area contributed by atoms with Crippen LogP contribution in [-0.2, 0) is 13.0 Å². The second kappa shape index (κ2) is 9.21. The van der Waals surface area contributed by atoms with E-state index in [0.717, 1.165) is 29.4 Å². The summed E-state index contributed by atoms with van der Waals surface area (Å²) < 4.78 is 2.02. The summed E-state index contributed by atoms with van der Waals surface area (Å²) >= 11 is 3.36. The average Bonchev–Trinajstić information content (AvgIpc) is 3.25. The highest BCUT2D eigenvalue weighted by Gasteiger charge is 2.22. The Bertz CT molecular complexity index is 844. The smallest absolute Gasteiger partial charge is 0.274 e. The molecule has 1 N–H and O–H groups in total. The van der Waals surface area contributed by atoms with Crippen molar-refractivity contribution in [3.63, 3.8) is 0 Å². The van der Waals surface area contributed by atoms with Gasteiger partial charge in [0.1, 0.15) is 0 Å². The zero-order valence-electron chi connectivity index (χ0n) is 15.1. The number of hydrogen-bond acceptors (Lipinski definition) is 5. The normalized spacial score (nSPS) is 11.2. The van der Waals surface area contributed by atoms with E-state index in [2.05, 4.69) is 28.7 Å². The number of fused-ring (bicyclic) bond motifs is 1. The predicted octanol–water partition coefficient (Wildman–Crippen LogP) is 3.16. The maximum absolute atomic E-state index is 13.0. The van der Waals surface area contributed by atoms with Crippen molar-refractivity contribution in [3.05, 3.63) is 58.9 Å². The van der Waals surface area contributed by atoms with Gasteiger partial charge >= 0.3 is 0 Å². The number of amides is 1. The summed E-state index contributed by atoms with van der Waals surface area (Å²) in [6.07, 6.45) is 4.92. The first kappa shape index (κ1) is 18.9. The number of carbonyl (C=O) groups excluding carboxylic acids is 1. The summed E-state index contributed by atoms with van der Waals surface area (Å²) in [5.74, 6) is 1.03. The van der Waals surface area contributed by atoms with E-state index in [0.29, 0.717) is 18.8 Å². The third-order valence-corrected chi connectivity index (χ3v) is 5.63. The molecule has 1 amide bonds. The minimum atomic E-state index is -0.0153. The Hall–Kier alpha value is -1.83. The van der Waals surface area contributed by atoms with Gasteiger partial charge in [-0.1, -0.05) is 30.3 Å². The van der Waals surface area contributed by atoms with Crippen LogP contribution in [0.15, 0.2) is 41.9 Å². The molecule has 0 unspecified atom stereocenters. The van der Waals surface area contributed by atoms with Crippen LogP contribution in [0, 0.1) is 0 Å². The van der Waals surface area contributed by atoms with Gasteiger partial charge in [0.2, 0.25) is 0 Å². The van der Waals surface area contributed by atoms with Crippen LogP contribution in [-0.4, -0.2) is 52.3 Å². The van der Waals surface area contributed by atoms with Crippen LogP contribution in [0.5, 0.6) is 0 Å². The fourth-order valence-corrected chi connectivity index (χ4v) is 3.86. The Kier molecular flexibility index (Phi) is 6.71. The van der Waals surface area contributed by atoms with Gasteiger partial charge in [-0.25, -0.2) is 4.98 Å². The summed E-state index contributed by atoms with van der Waals surface area (Å²) in [7, 11) is 1.85. The molecule has 1 aromatic carbocycles. The van der Waals surface area contributed by atoms with Gasteiger partial charge in [-0.05, 0) is 18.2 Å². The Balaban J connectivity index is 1.71. The zero-order valence-corrected chi connectivity index (χ0v) is 16.8. The minimum absolute atomic E-state index is 0.0153. The van der Waals surface area contributed by atoms with Gasteiger partial charge in [0, 0.05) is 44.0 Å². The summed E-state index contributed by atoms with van der Waals surface area (Å²) in [6, 6.07) is 10.2. The van der Waals surface area contributed by atoms with Gasteiger partial charge in [0.05, 0.1) is 5.69 Å². The van der Waals surface area contributed by atoms with Crippen LogP contribution in [0.1, 0.15) is 21.7 Å². The number of rotatable bonds is 9.